The molecule has 116 valence electrons. The molecule has 0 bridgehead atoms. The molecule has 0 radical (unpaired) electrons. The van der Waals surface area contributed by atoms with Gasteiger partial charge in [-0.3, -0.25) is 9.69 Å². The Balaban J connectivity index is 1.51. The number of carbonyl (C=O) groups is 1. The monoisotopic (exact) mass is 310 g/mol. The second-order valence-electron chi connectivity index (χ2n) is 5.79. The third-order valence-electron chi connectivity index (χ3n) is 4.12. The molecule has 2 unspecified atom stereocenters. The normalized spacial score (nSPS) is 26.9. The minimum absolute atomic E-state index is 0.0478. The van der Waals surface area contributed by atoms with Crippen molar-refractivity contribution in [2.24, 2.45) is 11.7 Å². The molecule has 0 aromatic carbocycles. The molecule has 7 heteroatoms. The maximum absolute atomic E-state index is 12.1. The van der Waals surface area contributed by atoms with E-state index < -0.39 is 0 Å². The Morgan fingerprint density at radius 2 is 2.29 bits per heavy atom. The molecule has 21 heavy (non-hydrogen) atoms. The fourth-order valence-electron chi connectivity index (χ4n) is 2.89. The Labute approximate surface area is 128 Å². The molecule has 1 aliphatic carbocycles. The molecule has 1 saturated carbocycles. The van der Waals surface area contributed by atoms with Crippen molar-refractivity contribution < 1.29 is 9.53 Å². The lowest BCUT2D eigenvalue weighted by Gasteiger charge is -2.25. The van der Waals surface area contributed by atoms with Gasteiger partial charge in [-0.05, 0) is 19.3 Å². The van der Waals surface area contributed by atoms with Gasteiger partial charge in [-0.25, -0.2) is 4.98 Å². The number of hydrogen-bond acceptors (Lipinski definition) is 6. The van der Waals surface area contributed by atoms with Gasteiger partial charge in [0.15, 0.2) is 5.13 Å². The van der Waals surface area contributed by atoms with Crippen LogP contribution in [-0.2, 0) is 16.1 Å². The maximum Gasteiger partial charge on any atom is 0.229 e. The van der Waals surface area contributed by atoms with Gasteiger partial charge < -0.3 is 15.8 Å². The summed E-state index contributed by atoms with van der Waals surface area (Å²) in [5.74, 6) is 0.113. The Bertz CT molecular complexity index is 487. The van der Waals surface area contributed by atoms with Gasteiger partial charge in [0.05, 0.1) is 18.9 Å². The van der Waals surface area contributed by atoms with Crippen LogP contribution in [0.25, 0.3) is 0 Å². The largest absolute Gasteiger partial charge is 0.379 e. The van der Waals surface area contributed by atoms with Crippen LogP contribution in [0.2, 0.25) is 0 Å². The van der Waals surface area contributed by atoms with Crippen LogP contribution in [0, 0.1) is 5.92 Å². The Morgan fingerprint density at radius 3 is 3.00 bits per heavy atom. The van der Waals surface area contributed by atoms with Crippen molar-refractivity contribution in [3.8, 4) is 0 Å². The summed E-state index contributed by atoms with van der Waals surface area (Å²) in [5, 5.41) is 5.65. The van der Waals surface area contributed by atoms with Gasteiger partial charge in [0.1, 0.15) is 0 Å². The van der Waals surface area contributed by atoms with E-state index in [1.165, 1.54) is 11.3 Å². The lowest BCUT2D eigenvalue weighted by molar-refractivity contribution is -0.119. The van der Waals surface area contributed by atoms with E-state index in [0.717, 1.165) is 57.8 Å². The van der Waals surface area contributed by atoms with E-state index >= 15 is 0 Å². The highest BCUT2D eigenvalue weighted by Crippen LogP contribution is 2.26. The van der Waals surface area contributed by atoms with Gasteiger partial charge in [-0.1, -0.05) is 0 Å². The number of nitrogens with zero attached hydrogens (tertiary/aromatic N) is 2. The minimum atomic E-state index is 0.0478. The summed E-state index contributed by atoms with van der Waals surface area (Å²) in [6.45, 7) is 4.29. The first kappa shape index (κ1) is 14.9. The smallest absolute Gasteiger partial charge is 0.229 e. The van der Waals surface area contributed by atoms with Crippen molar-refractivity contribution in [3.05, 3.63) is 11.1 Å². The Hall–Kier alpha value is -1.02. The molecule has 2 aliphatic rings. The van der Waals surface area contributed by atoms with Crippen molar-refractivity contribution in [2.75, 3.05) is 31.6 Å². The molecule has 1 saturated heterocycles. The number of ether oxygens (including phenoxy) is 1. The molecular weight excluding hydrogens is 288 g/mol. The predicted molar refractivity (Wildman–Crippen MR) is 82.2 cm³/mol. The van der Waals surface area contributed by atoms with Crippen LogP contribution in [0.15, 0.2) is 5.38 Å². The molecule has 3 rings (SSSR count). The standard InChI is InChI=1S/C14H22N4O2S/c15-11-2-1-10(7-11)13(19)17-14-16-12(9-21-14)8-18-3-5-20-6-4-18/h9-11H,1-8,15H2,(H,16,17,19). The highest BCUT2D eigenvalue weighted by atomic mass is 32.1. The maximum atomic E-state index is 12.1. The number of aromatic nitrogens is 1. The first-order valence-corrected chi connectivity index (χ1v) is 8.39. The zero-order valence-electron chi connectivity index (χ0n) is 12.1. The average molecular weight is 310 g/mol. The van der Waals surface area contributed by atoms with E-state index in [2.05, 4.69) is 15.2 Å². The first-order valence-electron chi connectivity index (χ1n) is 7.51. The predicted octanol–water partition coefficient (Wildman–Crippen LogP) is 1.04. The van der Waals surface area contributed by atoms with Gasteiger partial charge >= 0.3 is 0 Å². The molecule has 3 N–H and O–H groups in total. The summed E-state index contributed by atoms with van der Waals surface area (Å²) in [6, 6.07) is 0.175. The number of thiazole rings is 1. The van der Waals surface area contributed by atoms with Crippen LogP contribution in [0.4, 0.5) is 5.13 Å². The quantitative estimate of drug-likeness (QED) is 0.868. The summed E-state index contributed by atoms with van der Waals surface area (Å²) in [4.78, 5) is 19.0. The van der Waals surface area contributed by atoms with Crippen LogP contribution in [-0.4, -0.2) is 48.1 Å². The second-order valence-corrected chi connectivity index (χ2v) is 6.65. The van der Waals surface area contributed by atoms with E-state index in [4.69, 9.17) is 10.5 Å². The molecule has 1 amide bonds. The molecule has 1 aromatic heterocycles. The number of hydrogen-bond donors (Lipinski definition) is 2. The summed E-state index contributed by atoms with van der Waals surface area (Å²) < 4.78 is 5.33. The van der Waals surface area contributed by atoms with Crippen molar-refractivity contribution in [3.63, 3.8) is 0 Å². The Kier molecular flexibility index (Phi) is 4.84. The summed E-state index contributed by atoms with van der Waals surface area (Å²) in [7, 11) is 0. The zero-order valence-corrected chi connectivity index (χ0v) is 12.9. The lowest BCUT2D eigenvalue weighted by Crippen LogP contribution is -2.35. The van der Waals surface area contributed by atoms with Crippen LogP contribution in [0.1, 0.15) is 25.0 Å². The molecular formula is C14H22N4O2S. The molecule has 0 spiro atoms. The number of amides is 1. The minimum Gasteiger partial charge on any atom is -0.379 e. The lowest BCUT2D eigenvalue weighted by atomic mass is 10.1. The van der Waals surface area contributed by atoms with Crippen LogP contribution < -0.4 is 11.1 Å². The van der Waals surface area contributed by atoms with Gasteiger partial charge in [-0.2, -0.15) is 0 Å². The van der Waals surface area contributed by atoms with E-state index in [-0.39, 0.29) is 17.9 Å². The van der Waals surface area contributed by atoms with E-state index in [1.807, 2.05) is 5.38 Å². The molecule has 2 heterocycles. The first-order chi connectivity index (χ1) is 10.2. The SMILES string of the molecule is NC1CCC(C(=O)Nc2nc(CN3CCOCC3)cs2)C1. The summed E-state index contributed by atoms with van der Waals surface area (Å²) in [5.41, 5.74) is 6.87. The number of nitrogens with two attached hydrogens (primary N) is 1. The van der Waals surface area contributed by atoms with Crippen molar-refractivity contribution in [1.29, 1.82) is 0 Å². The van der Waals surface area contributed by atoms with E-state index in [1.54, 1.807) is 0 Å². The van der Waals surface area contributed by atoms with Crippen LogP contribution in [0.5, 0.6) is 0 Å². The van der Waals surface area contributed by atoms with Gasteiger partial charge in [0.25, 0.3) is 0 Å². The number of morpholine rings is 1. The summed E-state index contributed by atoms with van der Waals surface area (Å²) >= 11 is 1.49. The Morgan fingerprint density at radius 1 is 1.48 bits per heavy atom. The van der Waals surface area contributed by atoms with Gasteiger partial charge in [0, 0.05) is 37.0 Å². The van der Waals surface area contributed by atoms with Gasteiger partial charge in [0.2, 0.25) is 5.91 Å². The van der Waals surface area contributed by atoms with Crippen molar-refractivity contribution in [2.45, 2.75) is 31.8 Å². The average Bonchev–Trinajstić information content (AvgIpc) is 3.09. The highest BCUT2D eigenvalue weighted by Gasteiger charge is 2.28. The van der Waals surface area contributed by atoms with Crippen LogP contribution in [0.3, 0.4) is 0 Å². The van der Waals surface area contributed by atoms with Gasteiger partial charge in [-0.15, -0.1) is 11.3 Å². The molecule has 6 nitrogen and oxygen atoms in total. The zero-order chi connectivity index (χ0) is 14.7. The fraction of sp³-hybridized carbons (Fsp3) is 0.714. The molecule has 2 fully saturated rings. The molecule has 2 atom stereocenters. The van der Waals surface area contributed by atoms with E-state index in [0.29, 0.717) is 5.13 Å². The second kappa shape index (κ2) is 6.83. The third kappa shape index (κ3) is 4.00. The number of anilines is 1. The van der Waals surface area contributed by atoms with E-state index in [9.17, 15) is 4.79 Å². The number of nitrogens with one attached hydrogen (secondary N) is 1. The molecule has 1 aromatic rings. The topological polar surface area (TPSA) is 80.5 Å². The van der Waals surface area contributed by atoms with Crippen molar-refractivity contribution in [1.82, 2.24) is 9.88 Å². The van der Waals surface area contributed by atoms with Crippen LogP contribution >= 0.6 is 11.3 Å². The highest BCUT2D eigenvalue weighted by molar-refractivity contribution is 7.13. The summed E-state index contributed by atoms with van der Waals surface area (Å²) in [6.07, 6.45) is 2.62. The van der Waals surface area contributed by atoms with Crippen molar-refractivity contribution >= 4 is 22.4 Å². The third-order valence-corrected chi connectivity index (χ3v) is 4.92. The number of rotatable bonds is 4. The molecule has 1 aliphatic heterocycles. The number of carbonyl (C=O) groups excluding carboxylic acids is 1. The fourth-order valence-corrected chi connectivity index (χ4v) is 3.59.